The molecule has 0 unspecified atom stereocenters. The highest BCUT2D eigenvalue weighted by Crippen LogP contribution is 2.44. The fourth-order valence-corrected chi connectivity index (χ4v) is 4.52. The van der Waals surface area contributed by atoms with Crippen LogP contribution in [0.3, 0.4) is 0 Å². The molecule has 1 heterocycles. The van der Waals surface area contributed by atoms with E-state index in [4.69, 9.17) is 9.84 Å². The number of fused-ring (bicyclic) bond motifs is 1. The van der Waals surface area contributed by atoms with Crippen molar-refractivity contribution >= 4 is 17.8 Å². The molecule has 2 rings (SSSR count). The number of carbonyl (C=O) groups is 3. The number of unbranched alkanes of at least 4 members (excludes halogenated alkanes) is 3. The Labute approximate surface area is 173 Å². The monoisotopic (exact) mass is 408 g/mol. The molecule has 1 fully saturated rings. The molecule has 164 valence electrons. The Hall–Kier alpha value is -1.89. The second-order valence-corrected chi connectivity index (χ2v) is 8.03. The molecule has 0 aromatic heterocycles. The van der Waals surface area contributed by atoms with E-state index in [2.05, 4.69) is 12.2 Å². The van der Waals surface area contributed by atoms with Gasteiger partial charge in [-0.05, 0) is 32.1 Å². The van der Waals surface area contributed by atoms with E-state index in [1.165, 1.54) is 0 Å². The second-order valence-electron chi connectivity index (χ2n) is 8.03. The van der Waals surface area contributed by atoms with Gasteiger partial charge in [-0.25, -0.2) is 0 Å². The van der Waals surface area contributed by atoms with Gasteiger partial charge in [-0.1, -0.05) is 38.8 Å². The van der Waals surface area contributed by atoms with Crippen LogP contribution in [0.4, 0.5) is 0 Å². The van der Waals surface area contributed by atoms with Gasteiger partial charge in [0.25, 0.3) is 0 Å². The lowest BCUT2D eigenvalue weighted by molar-refractivity contribution is -0.155. The normalized spacial score (nSPS) is 28.3. The maximum Gasteiger partial charge on any atom is 0.310 e. The molecule has 0 spiro atoms. The van der Waals surface area contributed by atoms with Crippen molar-refractivity contribution in [3.8, 4) is 0 Å². The summed E-state index contributed by atoms with van der Waals surface area (Å²) in [5.41, 5.74) is 0. The van der Waals surface area contributed by atoms with Gasteiger partial charge in [0.2, 0.25) is 11.8 Å². The Morgan fingerprint density at radius 3 is 2.59 bits per heavy atom. The summed E-state index contributed by atoms with van der Waals surface area (Å²) in [6.45, 7) is 7.06. The number of aliphatic hydroxyl groups is 1. The van der Waals surface area contributed by atoms with Crippen molar-refractivity contribution in [2.75, 3.05) is 26.3 Å². The quantitative estimate of drug-likeness (QED) is 0.309. The number of carbonyl (C=O) groups excluding carboxylic acids is 3. The smallest absolute Gasteiger partial charge is 0.310 e. The molecule has 2 amide bonds. The van der Waals surface area contributed by atoms with Crippen molar-refractivity contribution < 1.29 is 24.2 Å². The molecule has 1 aliphatic carbocycles. The van der Waals surface area contributed by atoms with Gasteiger partial charge in [0.15, 0.2) is 0 Å². The maximum atomic E-state index is 13.3. The Balaban J connectivity index is 2.26. The van der Waals surface area contributed by atoms with Crippen LogP contribution in [0.5, 0.6) is 0 Å². The van der Waals surface area contributed by atoms with Gasteiger partial charge < -0.3 is 20.1 Å². The molecule has 2 aliphatic rings. The standard InChI is InChI=1S/C22H36N2O5/c1-4-6-7-12-23-20(26)19-16-11-10-15(3)17(22(28)29-5-2)18(16)21(27)24(19)13-8-9-14-25/h10-11,15-19,25H,4-9,12-14H2,1-3H3,(H,23,26)/t15-,16+,17-,18+,19+/m1/s1. The summed E-state index contributed by atoms with van der Waals surface area (Å²) in [5, 5.41) is 12.1. The number of rotatable bonds is 11. The van der Waals surface area contributed by atoms with Gasteiger partial charge in [-0.2, -0.15) is 0 Å². The van der Waals surface area contributed by atoms with E-state index in [0.29, 0.717) is 25.9 Å². The molecule has 0 bridgehead atoms. The minimum atomic E-state index is -0.617. The van der Waals surface area contributed by atoms with Crippen molar-refractivity contribution in [2.24, 2.45) is 23.7 Å². The first-order chi connectivity index (χ1) is 14.0. The molecule has 0 aromatic rings. The fraction of sp³-hybridized carbons (Fsp3) is 0.773. The van der Waals surface area contributed by atoms with E-state index in [1.807, 2.05) is 19.1 Å². The first-order valence-electron chi connectivity index (χ1n) is 11.0. The average molecular weight is 409 g/mol. The molecular weight excluding hydrogens is 372 g/mol. The summed E-state index contributed by atoms with van der Waals surface area (Å²) in [5.74, 6) is -2.29. The minimum absolute atomic E-state index is 0.0468. The topological polar surface area (TPSA) is 95.9 Å². The number of amides is 2. The zero-order valence-corrected chi connectivity index (χ0v) is 17.9. The molecule has 0 aromatic carbocycles. The van der Waals surface area contributed by atoms with Crippen molar-refractivity contribution in [3.63, 3.8) is 0 Å². The minimum Gasteiger partial charge on any atom is -0.466 e. The number of aliphatic hydroxyl groups excluding tert-OH is 1. The van der Waals surface area contributed by atoms with E-state index in [-0.39, 0.29) is 42.8 Å². The number of allylic oxidation sites excluding steroid dienone is 1. The zero-order chi connectivity index (χ0) is 21.4. The number of nitrogens with zero attached hydrogens (tertiary/aromatic N) is 1. The Morgan fingerprint density at radius 1 is 1.17 bits per heavy atom. The van der Waals surface area contributed by atoms with Crippen molar-refractivity contribution in [3.05, 3.63) is 12.2 Å². The molecule has 29 heavy (non-hydrogen) atoms. The molecule has 1 saturated heterocycles. The first kappa shape index (κ1) is 23.4. The fourth-order valence-electron chi connectivity index (χ4n) is 4.52. The van der Waals surface area contributed by atoms with Crippen molar-refractivity contribution in [1.29, 1.82) is 0 Å². The molecule has 5 atom stereocenters. The maximum absolute atomic E-state index is 13.3. The number of likely N-dealkylation sites (tertiary alicyclic amines) is 1. The lowest BCUT2D eigenvalue weighted by Gasteiger charge is -2.32. The summed E-state index contributed by atoms with van der Waals surface area (Å²) in [6, 6.07) is -0.617. The molecule has 7 nitrogen and oxygen atoms in total. The zero-order valence-electron chi connectivity index (χ0n) is 17.9. The number of nitrogens with one attached hydrogen (secondary N) is 1. The SMILES string of the molecule is CCCCCNC(=O)[C@@H]1[C@H]2C=C[C@@H](C)[C@@H](C(=O)OCC)[C@H]2C(=O)N1CCCCO. The summed E-state index contributed by atoms with van der Waals surface area (Å²) in [7, 11) is 0. The Morgan fingerprint density at radius 2 is 1.93 bits per heavy atom. The third-order valence-electron chi connectivity index (χ3n) is 5.99. The molecule has 0 saturated carbocycles. The van der Waals surface area contributed by atoms with Gasteiger partial charge in [0, 0.05) is 25.6 Å². The van der Waals surface area contributed by atoms with E-state index in [1.54, 1.807) is 11.8 Å². The molecule has 0 radical (unpaired) electrons. The summed E-state index contributed by atoms with van der Waals surface area (Å²) < 4.78 is 5.25. The van der Waals surface area contributed by atoms with Crippen LogP contribution in [0, 0.1) is 23.7 Å². The predicted molar refractivity (Wildman–Crippen MR) is 110 cm³/mol. The first-order valence-corrected chi connectivity index (χ1v) is 11.0. The highest BCUT2D eigenvalue weighted by Gasteiger charge is 2.56. The third kappa shape index (κ3) is 5.38. The van der Waals surface area contributed by atoms with E-state index >= 15 is 0 Å². The summed E-state index contributed by atoms with van der Waals surface area (Å²) in [4.78, 5) is 40.6. The number of hydrogen-bond acceptors (Lipinski definition) is 5. The second kappa shape index (κ2) is 11.3. The van der Waals surface area contributed by atoms with Crippen LogP contribution in [0.25, 0.3) is 0 Å². The van der Waals surface area contributed by atoms with Gasteiger partial charge in [-0.15, -0.1) is 0 Å². The van der Waals surface area contributed by atoms with E-state index in [9.17, 15) is 14.4 Å². The molecule has 7 heteroatoms. The van der Waals surface area contributed by atoms with Crippen LogP contribution in [-0.2, 0) is 19.1 Å². The molecule has 2 N–H and O–H groups in total. The van der Waals surface area contributed by atoms with Crippen LogP contribution >= 0.6 is 0 Å². The van der Waals surface area contributed by atoms with Gasteiger partial charge in [0.1, 0.15) is 6.04 Å². The van der Waals surface area contributed by atoms with Crippen LogP contribution in [0.1, 0.15) is 52.9 Å². The van der Waals surface area contributed by atoms with Crippen LogP contribution in [-0.4, -0.2) is 60.1 Å². The van der Waals surface area contributed by atoms with Crippen LogP contribution in [0.2, 0.25) is 0 Å². The molecule has 1 aliphatic heterocycles. The predicted octanol–water partition coefficient (Wildman–Crippen LogP) is 1.89. The molecular formula is C22H36N2O5. The highest BCUT2D eigenvalue weighted by atomic mass is 16.5. The largest absolute Gasteiger partial charge is 0.466 e. The van der Waals surface area contributed by atoms with Crippen LogP contribution < -0.4 is 5.32 Å². The summed E-state index contributed by atoms with van der Waals surface area (Å²) >= 11 is 0. The van der Waals surface area contributed by atoms with Gasteiger partial charge in [0.05, 0.1) is 18.4 Å². The van der Waals surface area contributed by atoms with E-state index < -0.39 is 17.9 Å². The summed E-state index contributed by atoms with van der Waals surface area (Å²) in [6.07, 6.45) is 8.06. The van der Waals surface area contributed by atoms with Crippen molar-refractivity contribution in [1.82, 2.24) is 10.2 Å². The number of ether oxygens (including phenoxy) is 1. The lowest BCUT2D eigenvalue weighted by Crippen LogP contribution is -2.47. The Kier molecular flexibility index (Phi) is 9.14. The van der Waals surface area contributed by atoms with Crippen LogP contribution in [0.15, 0.2) is 12.2 Å². The number of hydrogen-bond donors (Lipinski definition) is 2. The van der Waals surface area contributed by atoms with Gasteiger partial charge in [-0.3, -0.25) is 14.4 Å². The number of esters is 1. The van der Waals surface area contributed by atoms with Crippen molar-refractivity contribution in [2.45, 2.75) is 58.9 Å². The average Bonchev–Trinajstić information content (AvgIpc) is 2.97. The highest BCUT2D eigenvalue weighted by molar-refractivity contribution is 5.96. The van der Waals surface area contributed by atoms with Gasteiger partial charge >= 0.3 is 5.97 Å². The van der Waals surface area contributed by atoms with E-state index in [0.717, 1.165) is 19.3 Å². The lowest BCUT2D eigenvalue weighted by atomic mass is 9.70. The Bertz CT molecular complexity index is 606. The third-order valence-corrected chi connectivity index (χ3v) is 5.99.